The van der Waals surface area contributed by atoms with Gasteiger partial charge >= 0.3 is 30.4 Å². The summed E-state index contributed by atoms with van der Waals surface area (Å²) in [7, 11) is 0. The number of alkyl halides is 6. The molecule has 0 saturated carbocycles. The molecular formula is C9H8F6O4. The lowest BCUT2D eigenvalue weighted by Gasteiger charge is -2.25. The first-order chi connectivity index (χ1) is 8.54. The first-order valence-electron chi connectivity index (χ1n) is 4.66. The van der Waals surface area contributed by atoms with Crippen molar-refractivity contribution in [1.82, 2.24) is 0 Å². The monoisotopic (exact) mass is 294 g/mol. The molecule has 0 bridgehead atoms. The zero-order valence-electron chi connectivity index (χ0n) is 9.34. The predicted molar refractivity (Wildman–Crippen MR) is 47.8 cm³/mol. The van der Waals surface area contributed by atoms with Crippen LogP contribution in [-0.4, -0.2) is 37.0 Å². The molecule has 0 amide bonds. The molecule has 0 fully saturated rings. The molecule has 0 radical (unpaired) electrons. The summed E-state index contributed by atoms with van der Waals surface area (Å²) in [6.07, 6.45) is -10.4. The normalized spacial score (nSPS) is 15.4. The molecule has 19 heavy (non-hydrogen) atoms. The third-order valence-electron chi connectivity index (χ3n) is 1.56. The van der Waals surface area contributed by atoms with Gasteiger partial charge in [-0.25, -0.2) is 18.4 Å². The van der Waals surface area contributed by atoms with Crippen molar-refractivity contribution in [3.63, 3.8) is 0 Å². The van der Waals surface area contributed by atoms with Crippen LogP contribution in [0.2, 0.25) is 0 Å². The van der Waals surface area contributed by atoms with Gasteiger partial charge in [0.1, 0.15) is 0 Å². The van der Waals surface area contributed by atoms with E-state index in [1.165, 1.54) is 6.92 Å². The molecule has 0 aromatic carbocycles. The smallest absolute Gasteiger partial charge is 0.463 e. The SMILES string of the molecule is CCOC(=O)C=CC(=O)OC(F)(C(F)F)C(F)(F)F. The fourth-order valence-corrected chi connectivity index (χ4v) is 0.733. The average Bonchev–Trinajstić information content (AvgIpc) is 2.24. The zero-order valence-corrected chi connectivity index (χ0v) is 9.34. The molecule has 0 rings (SSSR count). The Hall–Kier alpha value is -1.74. The number of ether oxygens (including phenoxy) is 2. The summed E-state index contributed by atoms with van der Waals surface area (Å²) in [6.45, 7) is 1.31. The summed E-state index contributed by atoms with van der Waals surface area (Å²) >= 11 is 0. The Kier molecular flexibility index (Phi) is 5.84. The lowest BCUT2D eigenvalue weighted by molar-refractivity contribution is -0.354. The zero-order chi connectivity index (χ0) is 15.3. The van der Waals surface area contributed by atoms with Gasteiger partial charge in [0, 0.05) is 12.2 Å². The second-order valence-corrected chi connectivity index (χ2v) is 2.95. The van der Waals surface area contributed by atoms with Crippen LogP contribution in [0.5, 0.6) is 0 Å². The van der Waals surface area contributed by atoms with E-state index in [4.69, 9.17) is 0 Å². The molecule has 0 saturated heterocycles. The highest BCUT2D eigenvalue weighted by atomic mass is 19.4. The van der Waals surface area contributed by atoms with Gasteiger partial charge in [-0.15, -0.1) is 0 Å². The number of esters is 2. The molecule has 4 nitrogen and oxygen atoms in total. The van der Waals surface area contributed by atoms with Crippen molar-refractivity contribution in [3.05, 3.63) is 12.2 Å². The van der Waals surface area contributed by atoms with E-state index >= 15 is 0 Å². The van der Waals surface area contributed by atoms with Gasteiger partial charge in [0.25, 0.3) is 0 Å². The number of hydrogen-bond donors (Lipinski definition) is 0. The average molecular weight is 294 g/mol. The van der Waals surface area contributed by atoms with Gasteiger partial charge in [0.2, 0.25) is 0 Å². The largest absolute Gasteiger partial charge is 0.466 e. The molecule has 0 aromatic rings. The molecule has 0 spiro atoms. The maximum atomic E-state index is 12.9. The van der Waals surface area contributed by atoms with Gasteiger partial charge in [0.05, 0.1) is 6.61 Å². The van der Waals surface area contributed by atoms with E-state index in [0.29, 0.717) is 6.08 Å². The van der Waals surface area contributed by atoms with Crippen molar-refractivity contribution in [2.75, 3.05) is 6.61 Å². The minimum Gasteiger partial charge on any atom is -0.463 e. The minimum absolute atomic E-state index is 0.0421. The Balaban J connectivity index is 4.81. The van der Waals surface area contributed by atoms with E-state index in [-0.39, 0.29) is 12.7 Å². The van der Waals surface area contributed by atoms with Gasteiger partial charge in [-0.2, -0.15) is 17.6 Å². The van der Waals surface area contributed by atoms with Crippen LogP contribution in [0.1, 0.15) is 6.92 Å². The van der Waals surface area contributed by atoms with Crippen LogP contribution in [0.25, 0.3) is 0 Å². The van der Waals surface area contributed by atoms with E-state index in [9.17, 15) is 35.9 Å². The fraction of sp³-hybridized carbons (Fsp3) is 0.556. The molecule has 110 valence electrons. The Morgan fingerprint density at radius 2 is 1.58 bits per heavy atom. The number of halogens is 6. The molecule has 10 heteroatoms. The van der Waals surface area contributed by atoms with Crippen molar-refractivity contribution in [1.29, 1.82) is 0 Å². The Morgan fingerprint density at radius 3 is 1.95 bits per heavy atom. The summed E-state index contributed by atoms with van der Waals surface area (Å²) in [5.41, 5.74) is 0. The molecule has 0 heterocycles. The van der Waals surface area contributed by atoms with E-state index in [2.05, 4.69) is 9.47 Å². The lowest BCUT2D eigenvalue weighted by Crippen LogP contribution is -2.50. The van der Waals surface area contributed by atoms with Crippen molar-refractivity contribution < 1.29 is 45.4 Å². The first kappa shape index (κ1) is 17.3. The van der Waals surface area contributed by atoms with E-state index in [1.807, 2.05) is 0 Å². The first-order valence-corrected chi connectivity index (χ1v) is 4.66. The van der Waals surface area contributed by atoms with Crippen molar-refractivity contribution in [3.8, 4) is 0 Å². The number of carbonyl (C=O) groups excluding carboxylic acids is 2. The third kappa shape index (κ3) is 4.79. The summed E-state index contributed by atoms with van der Waals surface area (Å²) in [5.74, 6) is -8.68. The topological polar surface area (TPSA) is 52.6 Å². The number of rotatable bonds is 5. The van der Waals surface area contributed by atoms with Crippen molar-refractivity contribution in [2.45, 2.75) is 25.4 Å². The van der Waals surface area contributed by atoms with Crippen molar-refractivity contribution in [2.24, 2.45) is 0 Å². The minimum atomic E-state index is -6.12. The quantitative estimate of drug-likeness (QED) is 0.443. The third-order valence-corrected chi connectivity index (χ3v) is 1.56. The van der Waals surface area contributed by atoms with E-state index in [0.717, 1.165) is 0 Å². The summed E-state index contributed by atoms with van der Waals surface area (Å²) in [5, 5.41) is 0. The lowest BCUT2D eigenvalue weighted by atomic mass is 10.3. The second-order valence-electron chi connectivity index (χ2n) is 2.95. The van der Waals surface area contributed by atoms with Gasteiger partial charge in [-0.3, -0.25) is 0 Å². The van der Waals surface area contributed by atoms with Crippen molar-refractivity contribution >= 4 is 11.9 Å². The van der Waals surface area contributed by atoms with Gasteiger partial charge in [-0.05, 0) is 6.92 Å². The maximum absolute atomic E-state index is 12.9. The highest BCUT2D eigenvalue weighted by Gasteiger charge is 2.66. The predicted octanol–water partition coefficient (Wildman–Crippen LogP) is 2.14. The highest BCUT2D eigenvalue weighted by molar-refractivity contribution is 5.91. The highest BCUT2D eigenvalue weighted by Crippen LogP contribution is 2.39. The number of carbonyl (C=O) groups is 2. The molecule has 0 aliphatic rings. The summed E-state index contributed by atoms with van der Waals surface area (Å²) < 4.78 is 80.0. The van der Waals surface area contributed by atoms with Crippen LogP contribution < -0.4 is 0 Å². The van der Waals surface area contributed by atoms with Crippen LogP contribution in [0.3, 0.4) is 0 Å². The van der Waals surface area contributed by atoms with E-state index < -0.39 is 30.4 Å². The summed E-state index contributed by atoms with van der Waals surface area (Å²) in [6, 6.07) is 0. The molecular weight excluding hydrogens is 286 g/mol. The molecule has 1 atom stereocenters. The van der Waals surface area contributed by atoms with Crippen LogP contribution in [0, 0.1) is 0 Å². The van der Waals surface area contributed by atoms with Crippen LogP contribution in [0.4, 0.5) is 26.3 Å². The van der Waals surface area contributed by atoms with Crippen LogP contribution >= 0.6 is 0 Å². The molecule has 0 aliphatic carbocycles. The maximum Gasteiger partial charge on any atom is 0.466 e. The second kappa shape index (κ2) is 6.43. The Morgan fingerprint density at radius 1 is 1.11 bits per heavy atom. The van der Waals surface area contributed by atoms with Gasteiger partial charge in [0.15, 0.2) is 0 Å². The van der Waals surface area contributed by atoms with Gasteiger partial charge < -0.3 is 9.47 Å². The Labute approximate surface area is 103 Å². The standard InChI is InChI=1S/C9H8F6O4/c1-2-18-5(16)3-4-6(17)19-8(12,7(10)11)9(13,14)15/h3-4,7H,2H2,1H3. The molecule has 0 N–H and O–H groups in total. The molecule has 0 aromatic heterocycles. The Bertz CT molecular complexity index is 364. The van der Waals surface area contributed by atoms with Crippen LogP contribution in [-0.2, 0) is 19.1 Å². The fourth-order valence-electron chi connectivity index (χ4n) is 0.733. The number of hydrogen-bond acceptors (Lipinski definition) is 4. The molecule has 0 aliphatic heterocycles. The molecule has 1 unspecified atom stereocenters. The van der Waals surface area contributed by atoms with Crippen LogP contribution in [0.15, 0.2) is 12.2 Å². The van der Waals surface area contributed by atoms with E-state index in [1.54, 1.807) is 0 Å². The summed E-state index contributed by atoms with van der Waals surface area (Å²) in [4.78, 5) is 21.4. The van der Waals surface area contributed by atoms with Gasteiger partial charge in [-0.1, -0.05) is 0 Å².